The summed E-state index contributed by atoms with van der Waals surface area (Å²) in [7, 11) is 0. The fourth-order valence-corrected chi connectivity index (χ4v) is 3.33. The monoisotopic (exact) mass is 252 g/mol. The molecular formula is C13H17ClN2O. The molecule has 2 fully saturated rings. The third-order valence-corrected chi connectivity index (χ3v) is 4.24. The molecule has 2 aliphatic rings. The third kappa shape index (κ3) is 2.32. The van der Waals surface area contributed by atoms with Gasteiger partial charge in [-0.15, -0.1) is 0 Å². The standard InChI is InChI=1S/C13H17ClN2O/c14-13-4-1-9(7-15-13)8-16-10-2-3-11(16)6-12(17)5-10/h1,4,7,10-12,17H,2-3,5-6,8H2. The summed E-state index contributed by atoms with van der Waals surface area (Å²) in [6.45, 7) is 0.937. The Morgan fingerprint density at radius 3 is 2.59 bits per heavy atom. The molecule has 0 amide bonds. The average molecular weight is 253 g/mol. The molecule has 2 unspecified atom stereocenters. The molecule has 0 spiro atoms. The largest absolute Gasteiger partial charge is 0.393 e. The Bertz CT molecular complexity index is 381. The highest BCUT2D eigenvalue weighted by atomic mass is 35.5. The van der Waals surface area contributed by atoms with Crippen LogP contribution in [-0.4, -0.2) is 33.2 Å². The molecule has 2 aliphatic heterocycles. The summed E-state index contributed by atoms with van der Waals surface area (Å²) in [4.78, 5) is 6.64. The van der Waals surface area contributed by atoms with E-state index >= 15 is 0 Å². The fourth-order valence-electron chi connectivity index (χ4n) is 3.21. The lowest BCUT2D eigenvalue weighted by Gasteiger charge is -2.37. The van der Waals surface area contributed by atoms with Crippen molar-refractivity contribution in [3.05, 3.63) is 29.0 Å². The number of halogens is 1. The van der Waals surface area contributed by atoms with Gasteiger partial charge in [-0.1, -0.05) is 17.7 Å². The molecule has 0 radical (unpaired) electrons. The Morgan fingerprint density at radius 1 is 1.29 bits per heavy atom. The van der Waals surface area contributed by atoms with Crippen molar-refractivity contribution in [3.63, 3.8) is 0 Å². The molecule has 3 rings (SSSR count). The molecule has 92 valence electrons. The van der Waals surface area contributed by atoms with Crippen molar-refractivity contribution in [2.75, 3.05) is 0 Å². The Morgan fingerprint density at radius 2 is 2.00 bits per heavy atom. The lowest BCUT2D eigenvalue weighted by Crippen LogP contribution is -2.44. The van der Waals surface area contributed by atoms with Gasteiger partial charge < -0.3 is 5.11 Å². The molecule has 4 heteroatoms. The molecule has 1 N–H and O–H groups in total. The van der Waals surface area contributed by atoms with Crippen LogP contribution in [0, 0.1) is 0 Å². The van der Waals surface area contributed by atoms with Crippen LogP contribution >= 0.6 is 11.6 Å². The first-order valence-electron chi connectivity index (χ1n) is 6.26. The molecule has 0 aliphatic carbocycles. The zero-order valence-corrected chi connectivity index (χ0v) is 10.5. The number of rotatable bonds is 2. The van der Waals surface area contributed by atoms with Crippen LogP contribution in [0.2, 0.25) is 5.15 Å². The van der Waals surface area contributed by atoms with Crippen molar-refractivity contribution in [3.8, 4) is 0 Å². The highest BCUT2D eigenvalue weighted by Gasteiger charge is 2.39. The van der Waals surface area contributed by atoms with Crippen LogP contribution in [0.5, 0.6) is 0 Å². The lowest BCUT2D eigenvalue weighted by atomic mass is 9.99. The van der Waals surface area contributed by atoms with Crippen molar-refractivity contribution in [2.24, 2.45) is 0 Å². The molecule has 2 bridgehead atoms. The number of hydrogen-bond acceptors (Lipinski definition) is 3. The first-order valence-corrected chi connectivity index (χ1v) is 6.64. The van der Waals surface area contributed by atoms with Crippen molar-refractivity contribution >= 4 is 11.6 Å². The van der Waals surface area contributed by atoms with Gasteiger partial charge in [0.1, 0.15) is 5.15 Å². The number of hydrogen-bond donors (Lipinski definition) is 1. The summed E-state index contributed by atoms with van der Waals surface area (Å²) < 4.78 is 0. The fraction of sp³-hybridized carbons (Fsp3) is 0.615. The Kier molecular flexibility index (Phi) is 3.07. The van der Waals surface area contributed by atoms with E-state index in [2.05, 4.69) is 9.88 Å². The average Bonchev–Trinajstić information content (AvgIpc) is 2.56. The van der Waals surface area contributed by atoms with Crippen molar-refractivity contribution < 1.29 is 5.11 Å². The smallest absolute Gasteiger partial charge is 0.129 e. The zero-order valence-electron chi connectivity index (χ0n) is 9.72. The van der Waals surface area contributed by atoms with Crippen LogP contribution in [0.15, 0.2) is 18.3 Å². The van der Waals surface area contributed by atoms with Gasteiger partial charge in [0, 0.05) is 24.8 Å². The summed E-state index contributed by atoms with van der Waals surface area (Å²) in [5.74, 6) is 0. The Hall–Kier alpha value is -0.640. The van der Waals surface area contributed by atoms with E-state index in [1.807, 2.05) is 18.3 Å². The maximum atomic E-state index is 9.75. The highest BCUT2D eigenvalue weighted by molar-refractivity contribution is 6.29. The van der Waals surface area contributed by atoms with Crippen LogP contribution in [0.3, 0.4) is 0 Å². The van der Waals surface area contributed by atoms with Crippen LogP contribution in [0.1, 0.15) is 31.2 Å². The maximum Gasteiger partial charge on any atom is 0.129 e. The molecule has 2 atom stereocenters. The van der Waals surface area contributed by atoms with Gasteiger partial charge in [-0.3, -0.25) is 4.90 Å². The van der Waals surface area contributed by atoms with Crippen LogP contribution in [0.4, 0.5) is 0 Å². The first kappa shape index (κ1) is 11.5. The predicted molar refractivity (Wildman–Crippen MR) is 66.8 cm³/mol. The van der Waals surface area contributed by atoms with Crippen molar-refractivity contribution in [1.82, 2.24) is 9.88 Å². The molecule has 3 nitrogen and oxygen atoms in total. The molecule has 2 saturated heterocycles. The van der Waals surface area contributed by atoms with Crippen LogP contribution in [-0.2, 0) is 6.54 Å². The second-order valence-corrected chi connectivity index (χ2v) is 5.56. The number of fused-ring (bicyclic) bond motifs is 2. The van der Waals surface area contributed by atoms with Gasteiger partial charge in [0.05, 0.1) is 6.10 Å². The van der Waals surface area contributed by atoms with E-state index in [9.17, 15) is 5.11 Å². The number of pyridine rings is 1. The minimum Gasteiger partial charge on any atom is -0.393 e. The maximum absolute atomic E-state index is 9.75. The van der Waals surface area contributed by atoms with E-state index in [0.29, 0.717) is 17.2 Å². The van der Waals surface area contributed by atoms with E-state index in [4.69, 9.17) is 11.6 Å². The van der Waals surface area contributed by atoms with Crippen molar-refractivity contribution in [1.29, 1.82) is 0 Å². The van der Waals surface area contributed by atoms with Gasteiger partial charge in [-0.2, -0.15) is 0 Å². The molecule has 0 saturated carbocycles. The summed E-state index contributed by atoms with van der Waals surface area (Å²) in [5, 5.41) is 10.3. The van der Waals surface area contributed by atoms with E-state index in [1.165, 1.54) is 18.4 Å². The van der Waals surface area contributed by atoms with Gasteiger partial charge in [0.15, 0.2) is 0 Å². The molecular weight excluding hydrogens is 236 g/mol. The van der Waals surface area contributed by atoms with E-state index in [1.54, 1.807) is 0 Å². The molecule has 1 aromatic rings. The van der Waals surface area contributed by atoms with Crippen LogP contribution < -0.4 is 0 Å². The molecule has 1 aromatic heterocycles. The second-order valence-electron chi connectivity index (χ2n) is 5.17. The molecule has 3 heterocycles. The highest BCUT2D eigenvalue weighted by Crippen LogP contribution is 2.36. The van der Waals surface area contributed by atoms with Crippen LogP contribution in [0.25, 0.3) is 0 Å². The second kappa shape index (κ2) is 4.56. The third-order valence-electron chi connectivity index (χ3n) is 4.01. The summed E-state index contributed by atoms with van der Waals surface area (Å²) >= 11 is 5.79. The van der Waals surface area contributed by atoms with Gasteiger partial charge in [0.2, 0.25) is 0 Å². The van der Waals surface area contributed by atoms with Crippen molar-refractivity contribution in [2.45, 2.75) is 50.4 Å². The lowest BCUT2D eigenvalue weighted by molar-refractivity contribution is 0.0310. The number of aromatic nitrogens is 1. The number of piperidine rings is 1. The van der Waals surface area contributed by atoms with E-state index < -0.39 is 0 Å². The summed E-state index contributed by atoms with van der Waals surface area (Å²) in [5.41, 5.74) is 1.21. The Balaban J connectivity index is 1.72. The minimum atomic E-state index is -0.0907. The number of aliphatic hydroxyl groups excluding tert-OH is 1. The first-order chi connectivity index (χ1) is 8.22. The van der Waals surface area contributed by atoms with E-state index in [-0.39, 0.29) is 6.10 Å². The zero-order chi connectivity index (χ0) is 11.8. The summed E-state index contributed by atoms with van der Waals surface area (Å²) in [6.07, 6.45) is 6.07. The minimum absolute atomic E-state index is 0.0907. The number of nitrogens with zero attached hydrogens (tertiary/aromatic N) is 2. The Labute approximate surface area is 106 Å². The SMILES string of the molecule is OC1CC2CCC(C1)N2Cc1ccc(Cl)nc1. The van der Waals surface area contributed by atoms with Gasteiger partial charge in [-0.05, 0) is 37.3 Å². The molecule has 0 aromatic carbocycles. The number of aliphatic hydroxyl groups is 1. The molecule has 17 heavy (non-hydrogen) atoms. The van der Waals surface area contributed by atoms with Gasteiger partial charge >= 0.3 is 0 Å². The quantitative estimate of drug-likeness (QED) is 0.820. The summed E-state index contributed by atoms with van der Waals surface area (Å²) in [6, 6.07) is 5.00. The van der Waals surface area contributed by atoms with E-state index in [0.717, 1.165) is 19.4 Å². The van der Waals surface area contributed by atoms with Gasteiger partial charge in [0.25, 0.3) is 0 Å². The van der Waals surface area contributed by atoms with Gasteiger partial charge in [-0.25, -0.2) is 4.98 Å². The predicted octanol–water partition coefficient (Wildman–Crippen LogP) is 2.22. The topological polar surface area (TPSA) is 36.4 Å². The normalized spacial score (nSPS) is 32.9.